The molecule has 24 rings (SSSR count). The highest BCUT2D eigenvalue weighted by Crippen LogP contribution is 2.55. The number of para-hydroxylation sites is 2. The quantitative estimate of drug-likeness (QED) is 0.106. The first-order chi connectivity index (χ1) is 56.6. The van der Waals surface area contributed by atoms with Crippen LogP contribution < -0.4 is 0 Å². The van der Waals surface area contributed by atoms with Crippen molar-refractivity contribution in [3.63, 3.8) is 0 Å². The maximum Gasteiger partial charge on any atom is 0.143 e. The normalized spacial score (nSPS) is 12.0. The van der Waals surface area contributed by atoms with Gasteiger partial charge in [0.25, 0.3) is 0 Å². The van der Waals surface area contributed by atoms with Crippen LogP contribution in [0.5, 0.6) is 0 Å². The molecule has 0 atom stereocenters. The molecule has 0 saturated heterocycles. The molecule has 0 radical (unpaired) electrons. The van der Waals surface area contributed by atoms with Gasteiger partial charge in [-0.25, -0.2) is 0 Å². The fraction of sp³-hybridized carbons (Fsp3) is 0. The molecular weight excluding hydrogens is 1380 g/mol. The molecule has 22 aromatic carbocycles. The van der Waals surface area contributed by atoms with Crippen LogP contribution in [0.3, 0.4) is 0 Å². The lowest BCUT2D eigenvalue weighted by molar-refractivity contribution is 0.670. The number of rotatable bonds is 9. The van der Waals surface area contributed by atoms with Crippen molar-refractivity contribution in [2.45, 2.75) is 0 Å². The van der Waals surface area contributed by atoms with Crippen molar-refractivity contribution in [2.24, 2.45) is 0 Å². The Morgan fingerprint density at radius 1 is 0.132 bits per heavy atom. The molecular formula is C112H66O2. The predicted octanol–water partition coefficient (Wildman–Crippen LogP) is 32.0. The van der Waals surface area contributed by atoms with Crippen molar-refractivity contribution < 1.29 is 8.83 Å². The lowest BCUT2D eigenvalue weighted by Crippen LogP contribution is -1.95. The number of hydrogen-bond donors (Lipinski definition) is 0. The molecule has 0 bridgehead atoms. The smallest absolute Gasteiger partial charge is 0.143 e. The van der Waals surface area contributed by atoms with E-state index in [4.69, 9.17) is 8.83 Å². The minimum atomic E-state index is 0.850. The third-order valence-electron chi connectivity index (χ3n) is 24.7. The van der Waals surface area contributed by atoms with Crippen LogP contribution in [0.25, 0.3) is 252 Å². The molecule has 0 aliphatic rings. The van der Waals surface area contributed by atoms with E-state index in [1.807, 2.05) is 0 Å². The fourth-order valence-corrected chi connectivity index (χ4v) is 19.8. The van der Waals surface area contributed by atoms with E-state index in [9.17, 15) is 0 Å². The second-order valence-corrected chi connectivity index (χ2v) is 30.5. The summed E-state index contributed by atoms with van der Waals surface area (Å²) in [7, 11) is 0. The van der Waals surface area contributed by atoms with Crippen molar-refractivity contribution in [3.8, 4) is 100 Å². The topological polar surface area (TPSA) is 26.3 Å². The standard InChI is InChI=1S/C112H66O2/c1-4-32-71-67(28-1)31-25-52-78(71)94-53-26-55-99-109-97(54-27-57-104(109)114-111(94)99)107-89-47-19-17-45-87(89)106(88-46-18-20-48-90(88)107)93-59-58-70(66-102(93)101-65-69-30-3-6-34-73(69)76-36-9-12-40-81(76)101)74-60-61-83(79-38-10-7-37-77(74)79)95-62-63-98(110-96-51-23-24-56-103(96)113-112(95)110)108-91-49-21-15-43-85(91)105(86-44-16-22-50-92(86)108)84-42-14-13-41-82(84)100-64-68-29-2-5-33-72(68)75-35-8-11-39-80(75)100/h1-66H. The van der Waals surface area contributed by atoms with Gasteiger partial charge in [0.05, 0.1) is 0 Å². The summed E-state index contributed by atoms with van der Waals surface area (Å²) in [5.41, 5.74) is 24.3. The minimum absolute atomic E-state index is 0.850. The summed E-state index contributed by atoms with van der Waals surface area (Å²) in [6.07, 6.45) is 0. The van der Waals surface area contributed by atoms with E-state index in [1.54, 1.807) is 0 Å². The maximum absolute atomic E-state index is 7.35. The average molecular weight is 1440 g/mol. The van der Waals surface area contributed by atoms with Gasteiger partial charge in [-0.15, -0.1) is 0 Å². The van der Waals surface area contributed by atoms with Gasteiger partial charge in [-0.2, -0.15) is 0 Å². The maximum atomic E-state index is 7.35. The molecule has 0 saturated carbocycles. The van der Waals surface area contributed by atoms with Crippen molar-refractivity contribution in [1.29, 1.82) is 0 Å². The van der Waals surface area contributed by atoms with Gasteiger partial charge in [-0.05, 0) is 233 Å². The number of furan rings is 2. The number of fused-ring (bicyclic) bond motifs is 18. The molecule has 0 spiro atoms. The first-order valence-electron chi connectivity index (χ1n) is 39.4. The minimum Gasteiger partial charge on any atom is -0.455 e. The highest BCUT2D eigenvalue weighted by molar-refractivity contribution is 6.31. The second kappa shape index (κ2) is 25.3. The summed E-state index contributed by atoms with van der Waals surface area (Å²) in [5, 5.41) is 28.4. The molecule has 0 aliphatic heterocycles. The zero-order valence-electron chi connectivity index (χ0n) is 61.9. The van der Waals surface area contributed by atoms with Gasteiger partial charge in [0.15, 0.2) is 0 Å². The van der Waals surface area contributed by atoms with Crippen LogP contribution in [-0.4, -0.2) is 0 Å². The molecule has 526 valence electrons. The molecule has 0 unspecified atom stereocenters. The van der Waals surface area contributed by atoms with E-state index in [1.165, 1.54) is 141 Å². The van der Waals surface area contributed by atoms with Gasteiger partial charge in [-0.3, -0.25) is 0 Å². The largest absolute Gasteiger partial charge is 0.455 e. The highest BCUT2D eigenvalue weighted by atomic mass is 16.3. The van der Waals surface area contributed by atoms with Gasteiger partial charge in [0, 0.05) is 32.7 Å². The van der Waals surface area contributed by atoms with E-state index < -0.39 is 0 Å². The fourth-order valence-electron chi connectivity index (χ4n) is 19.8. The molecule has 24 aromatic rings. The van der Waals surface area contributed by atoms with Crippen LogP contribution in [0.15, 0.2) is 409 Å². The molecule has 2 heterocycles. The van der Waals surface area contributed by atoms with Crippen LogP contribution in [0.4, 0.5) is 0 Å². The predicted molar refractivity (Wildman–Crippen MR) is 485 cm³/mol. The molecule has 114 heavy (non-hydrogen) atoms. The number of benzene rings is 22. The molecule has 0 fully saturated rings. The van der Waals surface area contributed by atoms with E-state index in [0.29, 0.717) is 0 Å². The van der Waals surface area contributed by atoms with Crippen LogP contribution >= 0.6 is 0 Å². The first kappa shape index (κ1) is 63.9. The molecule has 0 amide bonds. The summed E-state index contributed by atoms with van der Waals surface area (Å²) < 4.78 is 14.5. The summed E-state index contributed by atoms with van der Waals surface area (Å²) in [6, 6.07) is 149. The van der Waals surface area contributed by atoms with Gasteiger partial charge in [0.2, 0.25) is 0 Å². The van der Waals surface area contributed by atoms with Gasteiger partial charge in [0.1, 0.15) is 22.3 Å². The third kappa shape index (κ3) is 9.56. The molecule has 0 N–H and O–H groups in total. The molecule has 2 aromatic heterocycles. The van der Waals surface area contributed by atoms with Gasteiger partial charge in [-0.1, -0.05) is 364 Å². The van der Waals surface area contributed by atoms with Gasteiger partial charge < -0.3 is 8.83 Å². The summed E-state index contributed by atoms with van der Waals surface area (Å²) >= 11 is 0. The van der Waals surface area contributed by atoms with E-state index in [-0.39, 0.29) is 0 Å². The monoisotopic (exact) mass is 1440 g/mol. The Labute approximate surface area is 656 Å². The highest BCUT2D eigenvalue weighted by Gasteiger charge is 2.28. The molecule has 2 heteroatoms. The zero-order chi connectivity index (χ0) is 74.6. The van der Waals surface area contributed by atoms with Crippen LogP contribution in [0, 0.1) is 0 Å². The lowest BCUT2D eigenvalue weighted by atomic mass is 9.81. The summed E-state index contributed by atoms with van der Waals surface area (Å²) in [5.74, 6) is 0. The van der Waals surface area contributed by atoms with Crippen LogP contribution in [-0.2, 0) is 0 Å². The zero-order valence-corrected chi connectivity index (χ0v) is 61.9. The summed E-state index contributed by atoms with van der Waals surface area (Å²) in [6.45, 7) is 0. The second-order valence-electron chi connectivity index (χ2n) is 30.5. The molecule has 0 aliphatic carbocycles. The Hall–Kier alpha value is -15.0. The number of hydrogen-bond acceptors (Lipinski definition) is 2. The average Bonchev–Trinajstić information content (AvgIpc) is 1.23. The first-order valence-corrected chi connectivity index (χ1v) is 39.4. The Morgan fingerprint density at radius 3 is 1.04 bits per heavy atom. The lowest BCUT2D eigenvalue weighted by Gasteiger charge is -2.22. The Bertz CT molecular complexity index is 8130. The van der Waals surface area contributed by atoms with E-state index in [2.05, 4.69) is 400 Å². The third-order valence-corrected chi connectivity index (χ3v) is 24.7. The van der Waals surface area contributed by atoms with Crippen molar-refractivity contribution in [1.82, 2.24) is 0 Å². The van der Waals surface area contributed by atoms with Crippen molar-refractivity contribution >= 4 is 152 Å². The Kier molecular flexibility index (Phi) is 14.2. The van der Waals surface area contributed by atoms with Crippen molar-refractivity contribution in [3.05, 3.63) is 400 Å². The van der Waals surface area contributed by atoms with Crippen molar-refractivity contribution in [2.75, 3.05) is 0 Å². The van der Waals surface area contributed by atoms with Gasteiger partial charge >= 0.3 is 0 Å². The van der Waals surface area contributed by atoms with Crippen LogP contribution in [0.2, 0.25) is 0 Å². The molecule has 2 nitrogen and oxygen atoms in total. The van der Waals surface area contributed by atoms with Crippen LogP contribution in [0.1, 0.15) is 0 Å². The SMILES string of the molecule is c1ccc(-c2cc3ccccc3c3ccccc23)c(-c2c3ccccc3c(-c3ccc(-c4ccc(-c5ccc(-c6c7ccccc7c(-c7cccc8oc9c(-c%10cccc%11ccccc%10%11)cccc9c78)c7ccccc67)c(-c6cc7ccccc7c7ccccc67)c5)c5ccccc45)c4oc5ccccc5c34)c3ccccc23)c1. The Balaban J connectivity index is 0.695. The van der Waals surface area contributed by atoms with E-state index in [0.717, 1.165) is 110 Å². The summed E-state index contributed by atoms with van der Waals surface area (Å²) in [4.78, 5) is 0. The Morgan fingerprint density at radius 2 is 0.447 bits per heavy atom. The van der Waals surface area contributed by atoms with E-state index >= 15 is 0 Å².